The van der Waals surface area contributed by atoms with Crippen molar-refractivity contribution in [2.24, 2.45) is 0 Å². The van der Waals surface area contributed by atoms with Gasteiger partial charge in [0.15, 0.2) is 5.88 Å². The second kappa shape index (κ2) is 4.15. The quantitative estimate of drug-likeness (QED) is 0.755. The summed E-state index contributed by atoms with van der Waals surface area (Å²) in [5.74, 6) is -0.770. The van der Waals surface area contributed by atoms with E-state index in [1.807, 2.05) is 18.2 Å². The molecule has 0 aliphatic heterocycles. The van der Waals surface area contributed by atoms with Crippen LogP contribution < -0.4 is 5.32 Å². The molecule has 3 aromatic rings. The van der Waals surface area contributed by atoms with Crippen molar-refractivity contribution in [2.45, 2.75) is 0 Å². The maximum Gasteiger partial charge on any atom is 0.371 e. The number of carbonyl (C=O) groups is 1. The smallest absolute Gasteiger partial charge is 0.371 e. The minimum atomic E-state index is -1.08. The molecule has 2 N–H and O–H groups in total. The number of thiazole rings is 1. The van der Waals surface area contributed by atoms with Crippen molar-refractivity contribution < 1.29 is 14.3 Å². The Morgan fingerprint density at radius 2 is 2.22 bits per heavy atom. The fourth-order valence-electron chi connectivity index (χ4n) is 1.60. The molecule has 5 nitrogen and oxygen atoms in total. The van der Waals surface area contributed by atoms with Gasteiger partial charge in [-0.3, -0.25) is 0 Å². The van der Waals surface area contributed by atoms with E-state index in [2.05, 4.69) is 10.3 Å². The Balaban J connectivity index is 1.88. The number of fused-ring (bicyclic) bond motifs is 1. The number of benzene rings is 1. The summed E-state index contributed by atoms with van der Waals surface area (Å²) in [6.07, 6.45) is 0. The van der Waals surface area contributed by atoms with Crippen LogP contribution >= 0.6 is 11.3 Å². The van der Waals surface area contributed by atoms with Crippen LogP contribution in [-0.4, -0.2) is 16.1 Å². The molecule has 90 valence electrons. The molecular weight excluding hydrogens is 252 g/mol. The van der Waals surface area contributed by atoms with Crippen LogP contribution in [0.4, 0.5) is 11.6 Å². The molecule has 0 bridgehead atoms. The summed E-state index contributed by atoms with van der Waals surface area (Å²) in [5, 5.41) is 11.8. The van der Waals surface area contributed by atoms with Crippen molar-refractivity contribution in [3.8, 4) is 0 Å². The molecule has 0 aliphatic carbocycles. The molecule has 1 aromatic carbocycles. The Morgan fingerprint density at radius 3 is 3.00 bits per heavy atom. The van der Waals surface area contributed by atoms with E-state index in [0.29, 0.717) is 5.88 Å². The minimum absolute atomic E-state index is 0.0867. The third-order valence-electron chi connectivity index (χ3n) is 2.42. The highest BCUT2D eigenvalue weighted by Gasteiger charge is 2.09. The molecule has 3 rings (SSSR count). The highest BCUT2D eigenvalue weighted by molar-refractivity contribution is 7.16. The summed E-state index contributed by atoms with van der Waals surface area (Å²) >= 11 is 1.55. The molecule has 6 heteroatoms. The lowest BCUT2D eigenvalue weighted by atomic mass is 10.3. The normalized spacial score (nSPS) is 10.7. The molecule has 0 saturated heterocycles. The monoisotopic (exact) mass is 260 g/mol. The first-order chi connectivity index (χ1) is 8.72. The van der Waals surface area contributed by atoms with Crippen LogP contribution in [0.2, 0.25) is 0 Å². The summed E-state index contributed by atoms with van der Waals surface area (Å²) < 4.78 is 6.18. The van der Waals surface area contributed by atoms with Gasteiger partial charge in [0.2, 0.25) is 5.76 Å². The summed E-state index contributed by atoms with van der Waals surface area (Å²) in [6.45, 7) is 0. The molecule has 0 amide bonds. The number of furan rings is 1. The third kappa shape index (κ3) is 1.93. The maximum absolute atomic E-state index is 10.7. The molecule has 0 aliphatic rings. The zero-order chi connectivity index (χ0) is 12.5. The van der Waals surface area contributed by atoms with E-state index < -0.39 is 5.97 Å². The van der Waals surface area contributed by atoms with Crippen molar-refractivity contribution in [2.75, 3.05) is 5.32 Å². The van der Waals surface area contributed by atoms with Gasteiger partial charge in [0.05, 0.1) is 15.7 Å². The van der Waals surface area contributed by atoms with Crippen molar-refractivity contribution in [1.29, 1.82) is 0 Å². The van der Waals surface area contributed by atoms with Crippen LogP contribution in [0.1, 0.15) is 10.6 Å². The lowest BCUT2D eigenvalue weighted by molar-refractivity contribution is 0.0663. The fourth-order valence-corrected chi connectivity index (χ4v) is 2.31. The van der Waals surface area contributed by atoms with Crippen LogP contribution in [0.5, 0.6) is 0 Å². The number of aromatic carboxylic acids is 1. The van der Waals surface area contributed by atoms with Gasteiger partial charge in [0.25, 0.3) is 0 Å². The number of aromatic nitrogens is 1. The molecular formula is C12H8N2O3S. The lowest BCUT2D eigenvalue weighted by Gasteiger charge is -2.02. The summed E-state index contributed by atoms with van der Waals surface area (Å²) in [7, 11) is 0. The van der Waals surface area contributed by atoms with E-state index in [4.69, 9.17) is 9.52 Å². The van der Waals surface area contributed by atoms with E-state index in [1.54, 1.807) is 22.9 Å². The molecule has 2 aromatic heterocycles. The minimum Gasteiger partial charge on any atom is -0.475 e. The zero-order valence-corrected chi connectivity index (χ0v) is 9.90. The van der Waals surface area contributed by atoms with E-state index in [-0.39, 0.29) is 5.76 Å². The molecule has 0 atom stereocenters. The first-order valence-electron chi connectivity index (χ1n) is 5.16. The van der Waals surface area contributed by atoms with Gasteiger partial charge in [0.1, 0.15) is 0 Å². The standard InChI is InChI=1S/C12H8N2O3S/c15-12(16)9-3-4-11(17-9)14-7-1-2-8-10(5-7)18-6-13-8/h1-6,14H,(H,15,16). The van der Waals surface area contributed by atoms with Gasteiger partial charge >= 0.3 is 5.97 Å². The predicted molar refractivity (Wildman–Crippen MR) is 68.6 cm³/mol. The number of anilines is 2. The zero-order valence-electron chi connectivity index (χ0n) is 9.08. The van der Waals surface area contributed by atoms with E-state index in [9.17, 15) is 4.79 Å². The maximum atomic E-state index is 10.7. The van der Waals surface area contributed by atoms with Crippen LogP contribution in [0.25, 0.3) is 10.2 Å². The Hall–Kier alpha value is -2.34. The van der Waals surface area contributed by atoms with E-state index in [1.165, 1.54) is 6.07 Å². The first-order valence-corrected chi connectivity index (χ1v) is 6.04. The van der Waals surface area contributed by atoms with Gasteiger partial charge in [-0.15, -0.1) is 11.3 Å². The van der Waals surface area contributed by atoms with Crippen LogP contribution in [0, 0.1) is 0 Å². The Bertz CT molecular complexity index is 717. The fraction of sp³-hybridized carbons (Fsp3) is 0. The molecule has 0 radical (unpaired) electrons. The predicted octanol–water partition coefficient (Wildman–Crippen LogP) is 3.33. The first kappa shape index (κ1) is 10.8. The van der Waals surface area contributed by atoms with E-state index in [0.717, 1.165) is 15.9 Å². The second-order valence-corrected chi connectivity index (χ2v) is 4.52. The van der Waals surface area contributed by atoms with Crippen molar-refractivity contribution in [1.82, 2.24) is 4.98 Å². The van der Waals surface area contributed by atoms with E-state index >= 15 is 0 Å². The summed E-state index contributed by atoms with van der Waals surface area (Å²) in [4.78, 5) is 14.9. The highest BCUT2D eigenvalue weighted by atomic mass is 32.1. The van der Waals surface area contributed by atoms with Gasteiger partial charge < -0.3 is 14.8 Å². The SMILES string of the molecule is O=C(O)c1ccc(Nc2ccc3ncsc3c2)o1. The average molecular weight is 260 g/mol. The second-order valence-electron chi connectivity index (χ2n) is 3.63. The Kier molecular flexibility index (Phi) is 2.49. The third-order valence-corrected chi connectivity index (χ3v) is 3.21. The average Bonchev–Trinajstić information content (AvgIpc) is 2.96. The van der Waals surface area contributed by atoms with Crippen LogP contribution in [0.15, 0.2) is 40.3 Å². The Labute approximate surface area is 106 Å². The number of hydrogen-bond donors (Lipinski definition) is 2. The number of hydrogen-bond acceptors (Lipinski definition) is 5. The summed E-state index contributed by atoms with van der Waals surface area (Å²) in [5.41, 5.74) is 3.55. The number of rotatable bonds is 3. The summed E-state index contributed by atoms with van der Waals surface area (Å²) in [6, 6.07) is 8.70. The molecule has 0 unspecified atom stereocenters. The van der Waals surface area contributed by atoms with Gasteiger partial charge in [-0.25, -0.2) is 9.78 Å². The van der Waals surface area contributed by atoms with Crippen LogP contribution in [0.3, 0.4) is 0 Å². The van der Waals surface area contributed by atoms with Crippen LogP contribution in [-0.2, 0) is 0 Å². The van der Waals surface area contributed by atoms with Gasteiger partial charge in [-0.05, 0) is 24.3 Å². The Morgan fingerprint density at radius 1 is 1.33 bits per heavy atom. The molecule has 0 saturated carbocycles. The molecule has 0 fully saturated rings. The molecule has 2 heterocycles. The number of nitrogens with one attached hydrogen (secondary N) is 1. The largest absolute Gasteiger partial charge is 0.475 e. The van der Waals surface area contributed by atoms with Crippen molar-refractivity contribution in [3.63, 3.8) is 0 Å². The van der Waals surface area contributed by atoms with Crippen molar-refractivity contribution >= 4 is 39.1 Å². The molecule has 18 heavy (non-hydrogen) atoms. The topological polar surface area (TPSA) is 75.4 Å². The number of nitrogens with zero attached hydrogens (tertiary/aromatic N) is 1. The van der Waals surface area contributed by atoms with Crippen molar-refractivity contribution in [3.05, 3.63) is 41.6 Å². The van der Waals surface area contributed by atoms with Gasteiger partial charge in [-0.1, -0.05) is 0 Å². The number of carboxylic acid groups (broad SMARTS) is 1. The number of carboxylic acids is 1. The lowest BCUT2D eigenvalue weighted by Crippen LogP contribution is -1.92. The molecule has 0 spiro atoms. The highest BCUT2D eigenvalue weighted by Crippen LogP contribution is 2.25. The van der Waals surface area contributed by atoms with Gasteiger partial charge in [0, 0.05) is 11.8 Å². The van der Waals surface area contributed by atoms with Gasteiger partial charge in [-0.2, -0.15) is 0 Å².